The van der Waals surface area contributed by atoms with Crippen LogP contribution in [-0.2, 0) is 11.3 Å². The Morgan fingerprint density at radius 2 is 1.74 bits per heavy atom. The van der Waals surface area contributed by atoms with Crippen LogP contribution >= 0.6 is 0 Å². The number of ether oxygens (including phenoxy) is 1. The summed E-state index contributed by atoms with van der Waals surface area (Å²) in [6.45, 7) is 2.82. The molecule has 2 aromatic carbocycles. The van der Waals surface area contributed by atoms with Crippen LogP contribution in [0.4, 0.5) is 0 Å². The Hall–Kier alpha value is -2.29. The molecule has 0 radical (unpaired) electrons. The summed E-state index contributed by atoms with van der Waals surface area (Å²) >= 11 is 0. The number of hydrogen-bond donors (Lipinski definition) is 0. The van der Waals surface area contributed by atoms with Crippen molar-refractivity contribution in [1.29, 1.82) is 0 Å². The van der Waals surface area contributed by atoms with Gasteiger partial charge in [-0.15, -0.1) is 0 Å². The van der Waals surface area contributed by atoms with Crippen molar-refractivity contribution in [3.63, 3.8) is 0 Å². The molecular weight excluding hydrogens is 334 g/mol. The summed E-state index contributed by atoms with van der Waals surface area (Å²) < 4.78 is 5.97. The molecule has 0 N–H and O–H groups in total. The van der Waals surface area contributed by atoms with E-state index in [0.717, 1.165) is 42.7 Å². The van der Waals surface area contributed by atoms with Crippen molar-refractivity contribution >= 4 is 5.91 Å². The first-order valence-electron chi connectivity index (χ1n) is 10.4. The number of amides is 1. The average molecular weight is 366 g/mol. The molecule has 3 heteroatoms. The predicted molar refractivity (Wildman–Crippen MR) is 110 cm³/mol. The molecule has 0 atom stereocenters. The molecule has 1 aliphatic carbocycles. The first kappa shape index (κ1) is 19.5. The molecule has 3 rings (SSSR count). The Morgan fingerprint density at radius 1 is 1.00 bits per heavy atom. The van der Waals surface area contributed by atoms with Gasteiger partial charge in [0.1, 0.15) is 11.5 Å². The Labute approximate surface area is 163 Å². The molecule has 0 aliphatic heterocycles. The molecule has 0 unspecified atom stereocenters. The third kappa shape index (κ3) is 5.85. The van der Waals surface area contributed by atoms with E-state index in [1.807, 2.05) is 42.5 Å². The fourth-order valence-corrected chi connectivity index (χ4v) is 3.81. The topological polar surface area (TPSA) is 29.5 Å². The first-order valence-corrected chi connectivity index (χ1v) is 10.4. The maximum atomic E-state index is 12.9. The Balaban J connectivity index is 1.72. The molecule has 27 heavy (non-hydrogen) atoms. The van der Waals surface area contributed by atoms with Crippen LogP contribution in [0.1, 0.15) is 63.9 Å². The van der Waals surface area contributed by atoms with Crippen molar-refractivity contribution in [2.75, 3.05) is 0 Å². The van der Waals surface area contributed by atoms with Crippen molar-refractivity contribution in [3.8, 4) is 11.5 Å². The Morgan fingerprint density at radius 3 is 2.48 bits per heavy atom. The molecule has 1 saturated carbocycles. The highest BCUT2D eigenvalue weighted by Crippen LogP contribution is 2.27. The van der Waals surface area contributed by atoms with Crippen molar-refractivity contribution in [3.05, 3.63) is 60.2 Å². The van der Waals surface area contributed by atoms with Crippen molar-refractivity contribution in [1.82, 2.24) is 4.90 Å². The first-order chi connectivity index (χ1) is 13.3. The molecule has 0 saturated heterocycles. The van der Waals surface area contributed by atoms with E-state index < -0.39 is 0 Å². The van der Waals surface area contributed by atoms with Gasteiger partial charge < -0.3 is 9.64 Å². The Kier molecular flexibility index (Phi) is 7.32. The number of benzene rings is 2. The lowest BCUT2D eigenvalue weighted by molar-refractivity contribution is -0.135. The Bertz CT molecular complexity index is 707. The van der Waals surface area contributed by atoms with Crippen LogP contribution in [0.25, 0.3) is 0 Å². The second kappa shape index (κ2) is 10.1. The summed E-state index contributed by atoms with van der Waals surface area (Å²) in [5.74, 6) is 1.96. The predicted octanol–water partition coefficient (Wildman–Crippen LogP) is 6.33. The van der Waals surface area contributed by atoms with Gasteiger partial charge in [-0.1, -0.05) is 62.9 Å². The van der Waals surface area contributed by atoms with Gasteiger partial charge in [-0.2, -0.15) is 0 Å². The molecule has 1 amide bonds. The summed E-state index contributed by atoms with van der Waals surface area (Å²) in [5, 5.41) is 0. The number of hydrogen-bond acceptors (Lipinski definition) is 2. The monoisotopic (exact) mass is 365 g/mol. The highest BCUT2D eigenvalue weighted by Gasteiger charge is 2.25. The minimum atomic E-state index is 0.304. The van der Waals surface area contributed by atoms with Crippen LogP contribution in [0.5, 0.6) is 11.5 Å². The van der Waals surface area contributed by atoms with Crippen molar-refractivity contribution in [2.45, 2.75) is 70.9 Å². The lowest BCUT2D eigenvalue weighted by Gasteiger charge is -2.34. The fraction of sp³-hybridized carbons (Fsp3) is 0.458. The SMILES string of the molecule is CCCCC(=O)N(Cc1cccc(Oc2ccccc2)c1)C1CCCCC1. The standard InChI is InChI=1S/C24H31NO2/c1-2-3-17-24(26)25(21-12-6-4-7-13-21)19-20-11-10-16-23(18-20)27-22-14-8-5-9-15-22/h5,8-11,14-16,18,21H,2-4,6-7,12-13,17,19H2,1H3. The number of para-hydroxylation sites is 1. The van der Waals surface area contributed by atoms with Gasteiger partial charge >= 0.3 is 0 Å². The lowest BCUT2D eigenvalue weighted by atomic mass is 9.93. The van der Waals surface area contributed by atoms with Gasteiger partial charge in [0.2, 0.25) is 5.91 Å². The van der Waals surface area contributed by atoms with Gasteiger partial charge in [0.05, 0.1) is 0 Å². The zero-order valence-electron chi connectivity index (χ0n) is 16.4. The number of rotatable bonds is 8. The second-order valence-corrected chi connectivity index (χ2v) is 7.48. The summed E-state index contributed by atoms with van der Waals surface area (Å²) in [6.07, 6.45) is 8.74. The molecule has 2 aromatic rings. The number of nitrogens with zero attached hydrogens (tertiary/aromatic N) is 1. The minimum Gasteiger partial charge on any atom is -0.457 e. The zero-order chi connectivity index (χ0) is 18.9. The zero-order valence-corrected chi connectivity index (χ0v) is 16.4. The van der Waals surface area contributed by atoms with E-state index in [-0.39, 0.29) is 0 Å². The normalized spacial score (nSPS) is 14.7. The van der Waals surface area contributed by atoms with Crippen LogP contribution in [0.15, 0.2) is 54.6 Å². The molecule has 1 aliphatic rings. The fourth-order valence-electron chi connectivity index (χ4n) is 3.81. The van der Waals surface area contributed by atoms with Gasteiger partial charge in [-0.3, -0.25) is 4.79 Å². The summed E-state index contributed by atoms with van der Waals surface area (Å²) in [6, 6.07) is 18.4. The molecule has 1 fully saturated rings. The highest BCUT2D eigenvalue weighted by molar-refractivity contribution is 5.76. The van der Waals surface area contributed by atoms with Crippen LogP contribution in [0.2, 0.25) is 0 Å². The van der Waals surface area contributed by atoms with E-state index in [9.17, 15) is 4.79 Å². The maximum Gasteiger partial charge on any atom is 0.223 e. The van der Waals surface area contributed by atoms with Crippen LogP contribution in [-0.4, -0.2) is 16.8 Å². The molecule has 0 spiro atoms. The van der Waals surface area contributed by atoms with E-state index in [1.54, 1.807) is 0 Å². The highest BCUT2D eigenvalue weighted by atomic mass is 16.5. The summed E-state index contributed by atoms with van der Waals surface area (Å²) in [4.78, 5) is 15.0. The minimum absolute atomic E-state index is 0.304. The molecule has 0 heterocycles. The van der Waals surface area contributed by atoms with Gasteiger partial charge in [0.25, 0.3) is 0 Å². The molecule has 0 aromatic heterocycles. The molecule has 0 bridgehead atoms. The van der Waals surface area contributed by atoms with Crippen molar-refractivity contribution < 1.29 is 9.53 Å². The van der Waals surface area contributed by atoms with Crippen LogP contribution in [0, 0.1) is 0 Å². The van der Waals surface area contributed by atoms with E-state index in [4.69, 9.17) is 4.74 Å². The van der Waals surface area contributed by atoms with E-state index in [2.05, 4.69) is 24.0 Å². The van der Waals surface area contributed by atoms with Crippen LogP contribution in [0.3, 0.4) is 0 Å². The average Bonchev–Trinajstić information content (AvgIpc) is 2.72. The molecule has 3 nitrogen and oxygen atoms in total. The van der Waals surface area contributed by atoms with Crippen molar-refractivity contribution in [2.24, 2.45) is 0 Å². The quantitative estimate of drug-likeness (QED) is 0.547. The second-order valence-electron chi connectivity index (χ2n) is 7.48. The summed E-state index contributed by atoms with van der Waals surface area (Å²) in [7, 11) is 0. The smallest absolute Gasteiger partial charge is 0.223 e. The van der Waals surface area contributed by atoms with Gasteiger partial charge in [-0.25, -0.2) is 0 Å². The van der Waals surface area contributed by atoms with Gasteiger partial charge in [-0.05, 0) is 49.1 Å². The number of unbranched alkanes of at least 4 members (excludes halogenated alkanes) is 1. The third-order valence-corrected chi connectivity index (χ3v) is 5.31. The van der Waals surface area contributed by atoms with Gasteiger partial charge in [0, 0.05) is 19.0 Å². The molecular formula is C24H31NO2. The largest absolute Gasteiger partial charge is 0.457 e. The van der Waals surface area contributed by atoms with Gasteiger partial charge in [0.15, 0.2) is 0 Å². The van der Waals surface area contributed by atoms with Crippen LogP contribution < -0.4 is 4.74 Å². The molecule has 144 valence electrons. The van der Waals surface area contributed by atoms with E-state index in [1.165, 1.54) is 19.3 Å². The lowest BCUT2D eigenvalue weighted by Crippen LogP contribution is -2.40. The third-order valence-electron chi connectivity index (χ3n) is 5.31. The maximum absolute atomic E-state index is 12.9. The van der Waals surface area contributed by atoms with E-state index >= 15 is 0 Å². The number of carbonyl (C=O) groups excluding carboxylic acids is 1. The summed E-state index contributed by atoms with van der Waals surface area (Å²) in [5.41, 5.74) is 1.14. The number of carbonyl (C=O) groups is 1. The van der Waals surface area contributed by atoms with E-state index in [0.29, 0.717) is 24.9 Å².